The molecule has 0 fully saturated rings. The summed E-state index contributed by atoms with van der Waals surface area (Å²) >= 11 is 12.0. The summed E-state index contributed by atoms with van der Waals surface area (Å²) in [5.74, 6) is 0. The first kappa shape index (κ1) is 15.2. The fourth-order valence-corrected chi connectivity index (χ4v) is 2.85. The van der Waals surface area contributed by atoms with Gasteiger partial charge in [0.1, 0.15) is 0 Å². The zero-order chi connectivity index (χ0) is 14.9. The van der Waals surface area contributed by atoms with Crippen molar-refractivity contribution in [3.8, 4) is 0 Å². The first-order valence-corrected chi connectivity index (χ1v) is 7.45. The molecule has 0 bridgehead atoms. The Morgan fingerprint density at radius 3 is 2.50 bits per heavy atom. The molecule has 1 unspecified atom stereocenters. The molecule has 108 valence electrons. The predicted molar refractivity (Wildman–Crippen MR) is 85.9 cm³/mol. The van der Waals surface area contributed by atoms with Crippen LogP contribution in [-0.2, 0) is 6.54 Å². The average Bonchev–Trinajstić information content (AvgIpc) is 2.68. The van der Waals surface area contributed by atoms with Gasteiger partial charge in [0.25, 0.3) is 0 Å². The van der Waals surface area contributed by atoms with Gasteiger partial charge >= 0.3 is 0 Å². The SMILES string of the molecule is CCn1nc(C)c(C(C)Nc2ccc(Cl)c(Cl)c2)c1C. The second kappa shape index (κ2) is 6.06. The molecule has 2 aromatic rings. The van der Waals surface area contributed by atoms with E-state index in [1.807, 2.05) is 23.7 Å². The van der Waals surface area contributed by atoms with Gasteiger partial charge in [-0.05, 0) is 45.9 Å². The second-order valence-electron chi connectivity index (χ2n) is 4.90. The Bertz CT molecular complexity index is 620. The first-order valence-electron chi connectivity index (χ1n) is 6.69. The molecule has 1 aromatic carbocycles. The van der Waals surface area contributed by atoms with Gasteiger partial charge in [-0.3, -0.25) is 4.68 Å². The molecule has 0 aliphatic rings. The third-order valence-electron chi connectivity index (χ3n) is 3.47. The standard InChI is InChI=1S/C15H19Cl2N3/c1-5-20-11(4)15(10(3)19-20)9(2)18-12-6-7-13(16)14(17)8-12/h6-9,18H,5H2,1-4H3. The van der Waals surface area contributed by atoms with Crippen LogP contribution >= 0.6 is 23.2 Å². The summed E-state index contributed by atoms with van der Waals surface area (Å²) < 4.78 is 2.03. The first-order chi connectivity index (χ1) is 9.43. The van der Waals surface area contributed by atoms with E-state index < -0.39 is 0 Å². The van der Waals surface area contributed by atoms with Gasteiger partial charge in [0, 0.05) is 23.5 Å². The third kappa shape index (κ3) is 2.94. The highest BCUT2D eigenvalue weighted by molar-refractivity contribution is 6.42. The van der Waals surface area contributed by atoms with Gasteiger partial charge in [0.2, 0.25) is 0 Å². The summed E-state index contributed by atoms with van der Waals surface area (Å²) in [6.45, 7) is 9.25. The minimum Gasteiger partial charge on any atom is -0.378 e. The lowest BCUT2D eigenvalue weighted by molar-refractivity contribution is 0.632. The van der Waals surface area contributed by atoms with Crippen molar-refractivity contribution in [3.05, 3.63) is 45.2 Å². The number of nitrogens with zero attached hydrogens (tertiary/aromatic N) is 2. The van der Waals surface area contributed by atoms with Crippen molar-refractivity contribution >= 4 is 28.9 Å². The van der Waals surface area contributed by atoms with Crippen molar-refractivity contribution in [2.75, 3.05) is 5.32 Å². The number of hydrogen-bond acceptors (Lipinski definition) is 2. The molecule has 1 heterocycles. The van der Waals surface area contributed by atoms with Crippen LogP contribution < -0.4 is 5.32 Å². The molecule has 0 spiro atoms. The number of aromatic nitrogens is 2. The molecule has 1 atom stereocenters. The summed E-state index contributed by atoms with van der Waals surface area (Å²) in [5.41, 5.74) is 4.45. The minimum absolute atomic E-state index is 0.160. The van der Waals surface area contributed by atoms with E-state index in [4.69, 9.17) is 23.2 Å². The highest BCUT2D eigenvalue weighted by atomic mass is 35.5. The Morgan fingerprint density at radius 2 is 1.95 bits per heavy atom. The van der Waals surface area contributed by atoms with E-state index in [2.05, 4.69) is 31.2 Å². The molecule has 0 amide bonds. The van der Waals surface area contributed by atoms with E-state index in [1.54, 1.807) is 6.07 Å². The lowest BCUT2D eigenvalue weighted by Gasteiger charge is -2.16. The average molecular weight is 312 g/mol. The van der Waals surface area contributed by atoms with E-state index in [9.17, 15) is 0 Å². The number of nitrogens with one attached hydrogen (secondary N) is 1. The van der Waals surface area contributed by atoms with Crippen molar-refractivity contribution < 1.29 is 0 Å². The minimum atomic E-state index is 0.160. The van der Waals surface area contributed by atoms with Crippen molar-refractivity contribution in [1.82, 2.24) is 9.78 Å². The Morgan fingerprint density at radius 1 is 1.25 bits per heavy atom. The number of benzene rings is 1. The summed E-state index contributed by atoms with van der Waals surface area (Å²) in [6.07, 6.45) is 0. The van der Waals surface area contributed by atoms with Gasteiger partial charge in [-0.1, -0.05) is 23.2 Å². The summed E-state index contributed by atoms with van der Waals surface area (Å²) in [6, 6.07) is 5.73. The van der Waals surface area contributed by atoms with Gasteiger partial charge in [-0.2, -0.15) is 5.10 Å². The van der Waals surface area contributed by atoms with Crippen LogP contribution in [0.25, 0.3) is 0 Å². The molecule has 0 radical (unpaired) electrons. The van der Waals surface area contributed by atoms with Gasteiger partial charge < -0.3 is 5.32 Å². The quantitative estimate of drug-likeness (QED) is 0.861. The van der Waals surface area contributed by atoms with Crippen molar-refractivity contribution in [1.29, 1.82) is 0 Å². The molecular formula is C15H19Cl2N3. The maximum Gasteiger partial charge on any atom is 0.0649 e. The zero-order valence-corrected chi connectivity index (χ0v) is 13.7. The highest BCUT2D eigenvalue weighted by Gasteiger charge is 2.17. The number of rotatable bonds is 4. The van der Waals surface area contributed by atoms with Gasteiger partial charge in [0.05, 0.1) is 21.8 Å². The van der Waals surface area contributed by atoms with Crippen molar-refractivity contribution in [2.45, 2.75) is 40.3 Å². The molecule has 1 N–H and O–H groups in total. The van der Waals surface area contributed by atoms with Crippen LogP contribution in [0.15, 0.2) is 18.2 Å². The lowest BCUT2D eigenvalue weighted by atomic mass is 10.1. The molecule has 5 heteroatoms. The molecule has 0 aliphatic heterocycles. The van der Waals surface area contributed by atoms with E-state index in [-0.39, 0.29) is 6.04 Å². The van der Waals surface area contributed by atoms with E-state index in [1.165, 1.54) is 11.3 Å². The Balaban J connectivity index is 2.25. The van der Waals surface area contributed by atoms with Crippen LogP contribution in [0.4, 0.5) is 5.69 Å². The molecule has 2 rings (SSSR count). The topological polar surface area (TPSA) is 29.9 Å². The highest BCUT2D eigenvalue weighted by Crippen LogP contribution is 2.29. The normalized spacial score (nSPS) is 12.5. The number of aryl methyl sites for hydroxylation is 2. The Kier molecular flexibility index (Phi) is 4.61. The zero-order valence-electron chi connectivity index (χ0n) is 12.2. The summed E-state index contributed by atoms with van der Waals surface area (Å²) in [7, 11) is 0. The molecule has 0 saturated heterocycles. The van der Waals surface area contributed by atoms with Crippen LogP contribution in [0.2, 0.25) is 10.0 Å². The van der Waals surface area contributed by atoms with Crippen LogP contribution in [0.5, 0.6) is 0 Å². The maximum atomic E-state index is 6.04. The van der Waals surface area contributed by atoms with Crippen LogP contribution in [0.1, 0.15) is 36.8 Å². The van der Waals surface area contributed by atoms with E-state index in [0.29, 0.717) is 10.0 Å². The monoisotopic (exact) mass is 311 g/mol. The second-order valence-corrected chi connectivity index (χ2v) is 5.71. The largest absolute Gasteiger partial charge is 0.378 e. The van der Waals surface area contributed by atoms with Gasteiger partial charge in [0.15, 0.2) is 0 Å². The fraction of sp³-hybridized carbons (Fsp3) is 0.400. The Labute approximate surface area is 129 Å². The van der Waals surface area contributed by atoms with E-state index in [0.717, 1.165) is 17.9 Å². The molecule has 3 nitrogen and oxygen atoms in total. The smallest absolute Gasteiger partial charge is 0.0649 e. The number of anilines is 1. The van der Waals surface area contributed by atoms with Crippen molar-refractivity contribution in [3.63, 3.8) is 0 Å². The molecular weight excluding hydrogens is 293 g/mol. The maximum absolute atomic E-state index is 6.04. The van der Waals surface area contributed by atoms with Gasteiger partial charge in [-0.15, -0.1) is 0 Å². The van der Waals surface area contributed by atoms with Crippen LogP contribution in [0.3, 0.4) is 0 Å². The third-order valence-corrected chi connectivity index (χ3v) is 4.21. The van der Waals surface area contributed by atoms with E-state index >= 15 is 0 Å². The van der Waals surface area contributed by atoms with Crippen molar-refractivity contribution in [2.24, 2.45) is 0 Å². The molecule has 0 aliphatic carbocycles. The summed E-state index contributed by atoms with van der Waals surface area (Å²) in [4.78, 5) is 0. The number of halogens is 2. The molecule has 1 aromatic heterocycles. The fourth-order valence-electron chi connectivity index (χ4n) is 2.55. The lowest BCUT2D eigenvalue weighted by Crippen LogP contribution is -2.09. The summed E-state index contributed by atoms with van der Waals surface area (Å²) in [5, 5.41) is 9.12. The van der Waals surface area contributed by atoms with Gasteiger partial charge in [-0.25, -0.2) is 0 Å². The van der Waals surface area contributed by atoms with Crippen LogP contribution in [-0.4, -0.2) is 9.78 Å². The predicted octanol–water partition coefficient (Wildman–Crippen LogP) is 5.00. The Hall–Kier alpha value is -1.19. The molecule has 0 saturated carbocycles. The van der Waals surface area contributed by atoms with Crippen LogP contribution in [0, 0.1) is 13.8 Å². The molecule has 20 heavy (non-hydrogen) atoms. The number of hydrogen-bond donors (Lipinski definition) is 1.